The van der Waals surface area contributed by atoms with Crippen molar-refractivity contribution >= 4 is 18.0 Å². The smallest absolute Gasteiger partial charge is 0.407 e. The molecule has 34 heavy (non-hydrogen) atoms. The van der Waals surface area contributed by atoms with E-state index in [4.69, 9.17) is 9.84 Å². The van der Waals surface area contributed by atoms with Gasteiger partial charge in [-0.25, -0.2) is 4.79 Å². The summed E-state index contributed by atoms with van der Waals surface area (Å²) >= 11 is 0. The van der Waals surface area contributed by atoms with Crippen LogP contribution in [0.15, 0.2) is 48.5 Å². The monoisotopic (exact) mass is 466 g/mol. The number of alkyl carbamates (subject to hydrolysis) is 1. The van der Waals surface area contributed by atoms with Crippen molar-refractivity contribution in [2.24, 2.45) is 5.92 Å². The van der Waals surface area contributed by atoms with Gasteiger partial charge in [0.25, 0.3) is 0 Å². The molecule has 1 aliphatic carbocycles. The third kappa shape index (κ3) is 7.07. The Labute approximate surface area is 200 Å². The van der Waals surface area contributed by atoms with Crippen molar-refractivity contribution in [3.05, 3.63) is 59.7 Å². The lowest BCUT2D eigenvalue weighted by Gasteiger charge is -2.17. The number of benzene rings is 2. The molecule has 3 rings (SSSR count). The standard InChI is InChI=1S/C27H34N2O5/c1-2-19(16-25(30)28-15-9-3-4-14-26(31)32)17-29-27(33)34-18-24-22-12-7-5-10-20(22)21-11-6-8-13-23(21)24/h5-8,10-13,19,24H,2-4,9,14-18H2,1H3,(H,28,30)(H,29,33)(H,31,32). The quantitative estimate of drug-likeness (QED) is 0.371. The summed E-state index contributed by atoms with van der Waals surface area (Å²) in [7, 11) is 0. The van der Waals surface area contributed by atoms with Gasteiger partial charge in [-0.3, -0.25) is 9.59 Å². The number of unbranched alkanes of at least 4 members (excludes halogenated alkanes) is 2. The minimum atomic E-state index is -0.793. The Bertz CT molecular complexity index is 945. The van der Waals surface area contributed by atoms with Gasteiger partial charge in [-0.2, -0.15) is 0 Å². The second kappa shape index (κ2) is 12.8. The lowest BCUT2D eigenvalue weighted by Crippen LogP contribution is -2.34. The molecule has 0 aliphatic heterocycles. The summed E-state index contributed by atoms with van der Waals surface area (Å²) in [5.41, 5.74) is 4.71. The van der Waals surface area contributed by atoms with Gasteiger partial charge in [-0.15, -0.1) is 0 Å². The molecule has 0 heterocycles. The summed E-state index contributed by atoms with van der Waals surface area (Å²) in [4.78, 5) is 35.1. The molecule has 0 spiro atoms. The van der Waals surface area contributed by atoms with Crippen LogP contribution < -0.4 is 10.6 Å². The fourth-order valence-electron chi connectivity index (χ4n) is 4.38. The van der Waals surface area contributed by atoms with Crippen molar-refractivity contribution in [2.45, 2.75) is 51.4 Å². The lowest BCUT2D eigenvalue weighted by molar-refractivity contribution is -0.137. The molecule has 0 saturated carbocycles. The number of ether oxygens (including phenoxy) is 1. The van der Waals surface area contributed by atoms with E-state index >= 15 is 0 Å². The maximum Gasteiger partial charge on any atom is 0.407 e. The first-order valence-electron chi connectivity index (χ1n) is 12.1. The molecule has 1 unspecified atom stereocenters. The number of hydrogen-bond donors (Lipinski definition) is 3. The maximum absolute atomic E-state index is 12.4. The average Bonchev–Trinajstić information content (AvgIpc) is 3.16. The molecule has 0 saturated heterocycles. The van der Waals surface area contributed by atoms with Crippen LogP contribution in [0.2, 0.25) is 0 Å². The van der Waals surface area contributed by atoms with Crippen molar-refractivity contribution < 1.29 is 24.2 Å². The molecule has 0 fully saturated rings. The Morgan fingerprint density at radius 1 is 0.941 bits per heavy atom. The molecule has 0 aromatic heterocycles. The van der Waals surface area contributed by atoms with Crippen molar-refractivity contribution in [3.8, 4) is 11.1 Å². The van der Waals surface area contributed by atoms with E-state index in [1.165, 1.54) is 22.3 Å². The van der Waals surface area contributed by atoms with Crippen LogP contribution in [-0.2, 0) is 14.3 Å². The molecule has 0 radical (unpaired) electrons. The van der Waals surface area contributed by atoms with E-state index in [0.717, 1.165) is 19.3 Å². The van der Waals surface area contributed by atoms with Gasteiger partial charge < -0.3 is 20.5 Å². The van der Waals surface area contributed by atoms with E-state index in [1.807, 2.05) is 31.2 Å². The summed E-state index contributed by atoms with van der Waals surface area (Å²) in [6.45, 7) is 3.16. The first-order valence-corrected chi connectivity index (χ1v) is 12.1. The van der Waals surface area contributed by atoms with E-state index < -0.39 is 12.1 Å². The Morgan fingerprint density at radius 2 is 1.59 bits per heavy atom. The topological polar surface area (TPSA) is 105 Å². The van der Waals surface area contributed by atoms with Crippen LogP contribution in [-0.4, -0.2) is 42.8 Å². The number of rotatable bonds is 13. The molecule has 1 atom stereocenters. The zero-order valence-electron chi connectivity index (χ0n) is 19.7. The van der Waals surface area contributed by atoms with E-state index in [1.54, 1.807) is 0 Å². The van der Waals surface area contributed by atoms with Crippen LogP contribution in [0.4, 0.5) is 4.79 Å². The summed E-state index contributed by atoms with van der Waals surface area (Å²) in [6.07, 6.45) is 2.92. The minimum absolute atomic E-state index is 0.0152. The summed E-state index contributed by atoms with van der Waals surface area (Å²) in [5, 5.41) is 14.3. The van der Waals surface area contributed by atoms with Crippen LogP contribution in [0.25, 0.3) is 11.1 Å². The van der Waals surface area contributed by atoms with Gasteiger partial charge >= 0.3 is 12.1 Å². The van der Waals surface area contributed by atoms with Crippen LogP contribution >= 0.6 is 0 Å². The zero-order valence-corrected chi connectivity index (χ0v) is 19.7. The molecule has 3 N–H and O–H groups in total. The molecule has 1 aliphatic rings. The molecule has 7 heteroatoms. The van der Waals surface area contributed by atoms with Gasteiger partial charge in [-0.1, -0.05) is 68.3 Å². The normalized spacial score (nSPS) is 13.0. The van der Waals surface area contributed by atoms with Crippen molar-refractivity contribution in [3.63, 3.8) is 0 Å². The van der Waals surface area contributed by atoms with Gasteiger partial charge in [0.05, 0.1) is 0 Å². The summed E-state index contributed by atoms with van der Waals surface area (Å²) < 4.78 is 5.57. The zero-order chi connectivity index (χ0) is 24.3. The minimum Gasteiger partial charge on any atom is -0.481 e. The number of carboxylic acids is 1. The highest BCUT2D eigenvalue weighted by atomic mass is 16.5. The number of aliphatic carboxylic acids is 1. The van der Waals surface area contributed by atoms with E-state index in [-0.39, 0.29) is 30.8 Å². The number of carbonyl (C=O) groups is 3. The van der Waals surface area contributed by atoms with Crippen LogP contribution in [0.1, 0.15) is 62.5 Å². The molecular formula is C27H34N2O5. The van der Waals surface area contributed by atoms with Gasteiger partial charge in [0.2, 0.25) is 5.91 Å². The number of amides is 2. The highest BCUT2D eigenvalue weighted by molar-refractivity contribution is 5.79. The molecule has 2 aromatic carbocycles. The van der Waals surface area contributed by atoms with Crippen molar-refractivity contribution in [2.75, 3.05) is 19.7 Å². The Balaban J connectivity index is 1.39. The molecule has 182 valence electrons. The molecular weight excluding hydrogens is 432 g/mol. The predicted octanol–water partition coefficient (Wildman–Crippen LogP) is 4.70. The van der Waals surface area contributed by atoms with Crippen molar-refractivity contribution in [1.82, 2.24) is 10.6 Å². The first kappa shape index (κ1) is 25.3. The van der Waals surface area contributed by atoms with Gasteiger partial charge in [-0.05, 0) is 41.0 Å². The summed E-state index contributed by atoms with van der Waals surface area (Å²) in [6, 6.07) is 16.4. The number of carboxylic acid groups (broad SMARTS) is 1. The lowest BCUT2D eigenvalue weighted by atomic mass is 9.98. The van der Waals surface area contributed by atoms with E-state index in [2.05, 4.69) is 34.9 Å². The van der Waals surface area contributed by atoms with Crippen LogP contribution in [0.3, 0.4) is 0 Å². The fourth-order valence-corrected chi connectivity index (χ4v) is 4.38. The Hall–Kier alpha value is -3.35. The van der Waals surface area contributed by atoms with Gasteiger partial charge in [0.15, 0.2) is 0 Å². The van der Waals surface area contributed by atoms with Gasteiger partial charge in [0.1, 0.15) is 6.61 Å². The third-order valence-electron chi connectivity index (χ3n) is 6.32. The van der Waals surface area contributed by atoms with Gasteiger partial charge in [0, 0.05) is 31.8 Å². The predicted molar refractivity (Wildman–Crippen MR) is 131 cm³/mol. The van der Waals surface area contributed by atoms with Crippen molar-refractivity contribution in [1.29, 1.82) is 0 Å². The van der Waals surface area contributed by atoms with E-state index in [0.29, 0.717) is 25.9 Å². The first-order chi connectivity index (χ1) is 16.5. The second-order valence-corrected chi connectivity index (χ2v) is 8.74. The van der Waals surface area contributed by atoms with E-state index in [9.17, 15) is 14.4 Å². The molecule has 7 nitrogen and oxygen atoms in total. The second-order valence-electron chi connectivity index (χ2n) is 8.74. The number of fused-ring (bicyclic) bond motifs is 3. The van der Waals surface area contributed by atoms with Crippen LogP contribution in [0.5, 0.6) is 0 Å². The fraction of sp³-hybridized carbons (Fsp3) is 0.444. The SMILES string of the molecule is CCC(CNC(=O)OCC1c2ccccc2-c2ccccc21)CC(=O)NCCCCCC(=O)O. The highest BCUT2D eigenvalue weighted by Gasteiger charge is 2.29. The number of nitrogens with one attached hydrogen (secondary N) is 2. The third-order valence-corrected chi connectivity index (χ3v) is 6.32. The van der Waals surface area contributed by atoms with Crippen LogP contribution in [0, 0.1) is 5.92 Å². The number of carbonyl (C=O) groups excluding carboxylic acids is 2. The highest BCUT2D eigenvalue weighted by Crippen LogP contribution is 2.44. The average molecular weight is 467 g/mol. The largest absolute Gasteiger partial charge is 0.481 e. The molecule has 2 amide bonds. The molecule has 2 aromatic rings. The molecule has 0 bridgehead atoms. The maximum atomic E-state index is 12.4. The number of hydrogen-bond acceptors (Lipinski definition) is 4. The Kier molecular flexibility index (Phi) is 9.50. The Morgan fingerprint density at radius 3 is 2.21 bits per heavy atom. The summed E-state index contributed by atoms with van der Waals surface area (Å²) in [5.74, 6) is -0.813.